The van der Waals surface area contributed by atoms with E-state index < -0.39 is 0 Å². The van der Waals surface area contributed by atoms with Crippen LogP contribution < -0.4 is 10.6 Å². The van der Waals surface area contributed by atoms with Gasteiger partial charge in [0.25, 0.3) is 0 Å². The molecule has 0 aromatic carbocycles. The van der Waals surface area contributed by atoms with Crippen molar-refractivity contribution in [3.8, 4) is 0 Å². The Morgan fingerprint density at radius 1 is 1.41 bits per heavy atom. The number of nitrogens with one attached hydrogen (secondary N) is 2. The van der Waals surface area contributed by atoms with Crippen LogP contribution in [0.1, 0.15) is 19.3 Å². The zero-order valence-corrected chi connectivity index (χ0v) is 10.4. The van der Waals surface area contributed by atoms with Gasteiger partial charge in [0.15, 0.2) is 0 Å². The minimum Gasteiger partial charge on any atom is -0.378 e. The van der Waals surface area contributed by atoms with Gasteiger partial charge in [-0.15, -0.1) is 0 Å². The maximum atomic E-state index is 11.8. The second-order valence-corrected chi connectivity index (χ2v) is 4.74. The van der Waals surface area contributed by atoms with Crippen molar-refractivity contribution in [2.75, 3.05) is 45.9 Å². The number of carbonyl (C=O) groups is 1. The van der Waals surface area contributed by atoms with E-state index in [0.29, 0.717) is 25.7 Å². The molecule has 98 valence electrons. The molecule has 5 nitrogen and oxygen atoms in total. The third-order valence-electron chi connectivity index (χ3n) is 3.43. The Hall–Kier alpha value is -0.650. The van der Waals surface area contributed by atoms with Gasteiger partial charge in [0.05, 0.1) is 13.2 Å². The monoisotopic (exact) mass is 241 g/mol. The predicted molar refractivity (Wildman–Crippen MR) is 65.9 cm³/mol. The first kappa shape index (κ1) is 12.8. The van der Waals surface area contributed by atoms with E-state index in [0.717, 1.165) is 32.7 Å². The van der Waals surface area contributed by atoms with Crippen molar-refractivity contribution in [2.24, 2.45) is 0 Å². The van der Waals surface area contributed by atoms with Crippen molar-refractivity contribution >= 4 is 5.91 Å². The van der Waals surface area contributed by atoms with E-state index in [1.807, 2.05) is 4.90 Å². The standard InChI is InChI=1S/C12H23N3O2/c16-12(15-6-8-17-9-7-15)3-5-13-10-11-2-1-4-14-11/h11,13-14H,1-10H2. The fourth-order valence-corrected chi connectivity index (χ4v) is 2.37. The number of amides is 1. The van der Waals surface area contributed by atoms with Gasteiger partial charge in [-0.05, 0) is 19.4 Å². The zero-order valence-electron chi connectivity index (χ0n) is 10.4. The van der Waals surface area contributed by atoms with E-state index >= 15 is 0 Å². The Morgan fingerprint density at radius 3 is 2.94 bits per heavy atom. The highest BCUT2D eigenvalue weighted by Crippen LogP contribution is 2.03. The van der Waals surface area contributed by atoms with E-state index in [2.05, 4.69) is 10.6 Å². The first-order chi connectivity index (χ1) is 8.36. The van der Waals surface area contributed by atoms with Crippen LogP contribution in [0.3, 0.4) is 0 Å². The molecular formula is C12H23N3O2. The largest absolute Gasteiger partial charge is 0.378 e. The van der Waals surface area contributed by atoms with Gasteiger partial charge in [-0.1, -0.05) is 0 Å². The second kappa shape index (κ2) is 6.93. The molecule has 1 unspecified atom stereocenters. The average Bonchev–Trinajstić information content (AvgIpc) is 2.88. The van der Waals surface area contributed by atoms with Crippen molar-refractivity contribution < 1.29 is 9.53 Å². The van der Waals surface area contributed by atoms with Gasteiger partial charge in [-0.3, -0.25) is 4.79 Å². The summed E-state index contributed by atoms with van der Waals surface area (Å²) < 4.78 is 5.23. The lowest BCUT2D eigenvalue weighted by Crippen LogP contribution is -2.42. The molecule has 2 N–H and O–H groups in total. The molecule has 1 amide bonds. The van der Waals surface area contributed by atoms with Gasteiger partial charge in [0, 0.05) is 38.6 Å². The number of carbonyl (C=O) groups excluding carboxylic acids is 1. The van der Waals surface area contributed by atoms with Gasteiger partial charge in [0.2, 0.25) is 5.91 Å². The quantitative estimate of drug-likeness (QED) is 0.642. The fraction of sp³-hybridized carbons (Fsp3) is 0.917. The Kier molecular flexibility index (Phi) is 5.22. The normalized spacial score (nSPS) is 25.2. The van der Waals surface area contributed by atoms with Crippen LogP contribution >= 0.6 is 0 Å². The molecule has 0 aromatic heterocycles. The van der Waals surface area contributed by atoms with Crippen LogP contribution in [-0.2, 0) is 9.53 Å². The van der Waals surface area contributed by atoms with E-state index in [9.17, 15) is 4.79 Å². The molecule has 0 spiro atoms. The molecule has 2 saturated heterocycles. The molecule has 0 radical (unpaired) electrons. The van der Waals surface area contributed by atoms with Gasteiger partial charge in [-0.25, -0.2) is 0 Å². The lowest BCUT2D eigenvalue weighted by molar-refractivity contribution is -0.135. The van der Waals surface area contributed by atoms with Crippen LogP contribution in [-0.4, -0.2) is 62.8 Å². The summed E-state index contributed by atoms with van der Waals surface area (Å²) in [4.78, 5) is 13.7. The molecule has 2 rings (SSSR count). The van der Waals surface area contributed by atoms with Crippen LogP contribution in [0.5, 0.6) is 0 Å². The summed E-state index contributed by atoms with van der Waals surface area (Å²) in [5.41, 5.74) is 0. The first-order valence-electron chi connectivity index (χ1n) is 6.66. The van der Waals surface area contributed by atoms with E-state index in [1.165, 1.54) is 12.8 Å². The molecule has 0 bridgehead atoms. The Morgan fingerprint density at radius 2 is 2.24 bits per heavy atom. The Labute approximate surface area is 103 Å². The smallest absolute Gasteiger partial charge is 0.224 e. The Balaban J connectivity index is 1.53. The van der Waals surface area contributed by atoms with Crippen molar-refractivity contribution in [1.29, 1.82) is 0 Å². The average molecular weight is 241 g/mol. The summed E-state index contributed by atoms with van der Waals surface area (Å²) in [5.74, 6) is 0.250. The predicted octanol–water partition coefficient (Wildman–Crippen LogP) is -0.423. The SMILES string of the molecule is O=C(CCNCC1CCCN1)N1CCOCC1. The molecule has 2 aliphatic rings. The zero-order chi connectivity index (χ0) is 11.9. The molecule has 5 heteroatoms. The number of ether oxygens (including phenoxy) is 1. The summed E-state index contributed by atoms with van der Waals surface area (Å²) in [6, 6.07) is 0.605. The summed E-state index contributed by atoms with van der Waals surface area (Å²) in [7, 11) is 0. The minimum atomic E-state index is 0.250. The van der Waals surface area contributed by atoms with Crippen LogP contribution in [0, 0.1) is 0 Å². The highest BCUT2D eigenvalue weighted by Gasteiger charge is 2.17. The van der Waals surface area contributed by atoms with Gasteiger partial charge >= 0.3 is 0 Å². The highest BCUT2D eigenvalue weighted by atomic mass is 16.5. The number of hydrogen-bond donors (Lipinski definition) is 2. The van der Waals surface area contributed by atoms with Gasteiger partial charge in [-0.2, -0.15) is 0 Å². The molecule has 0 aromatic rings. The maximum Gasteiger partial charge on any atom is 0.224 e. The van der Waals surface area contributed by atoms with Crippen molar-refractivity contribution in [1.82, 2.24) is 15.5 Å². The van der Waals surface area contributed by atoms with Gasteiger partial charge < -0.3 is 20.3 Å². The second-order valence-electron chi connectivity index (χ2n) is 4.74. The van der Waals surface area contributed by atoms with Crippen molar-refractivity contribution in [3.05, 3.63) is 0 Å². The van der Waals surface area contributed by atoms with Gasteiger partial charge in [0.1, 0.15) is 0 Å². The van der Waals surface area contributed by atoms with Crippen molar-refractivity contribution in [3.63, 3.8) is 0 Å². The summed E-state index contributed by atoms with van der Waals surface area (Å²) in [6.45, 7) is 5.78. The van der Waals surface area contributed by atoms with E-state index in [-0.39, 0.29) is 5.91 Å². The minimum absolute atomic E-state index is 0.250. The topological polar surface area (TPSA) is 53.6 Å². The number of morpholine rings is 1. The number of rotatable bonds is 5. The van der Waals surface area contributed by atoms with E-state index in [1.54, 1.807) is 0 Å². The third kappa shape index (κ3) is 4.26. The summed E-state index contributed by atoms with van der Waals surface area (Å²) >= 11 is 0. The van der Waals surface area contributed by atoms with Crippen LogP contribution in [0.2, 0.25) is 0 Å². The lowest BCUT2D eigenvalue weighted by atomic mass is 10.2. The number of nitrogens with zero attached hydrogens (tertiary/aromatic N) is 1. The molecule has 2 aliphatic heterocycles. The van der Waals surface area contributed by atoms with Crippen LogP contribution in [0.25, 0.3) is 0 Å². The molecule has 2 heterocycles. The van der Waals surface area contributed by atoms with Crippen LogP contribution in [0.15, 0.2) is 0 Å². The lowest BCUT2D eigenvalue weighted by Gasteiger charge is -2.27. The Bertz CT molecular complexity index is 236. The first-order valence-corrected chi connectivity index (χ1v) is 6.66. The molecule has 1 atom stereocenters. The molecular weight excluding hydrogens is 218 g/mol. The van der Waals surface area contributed by atoms with Crippen LogP contribution in [0.4, 0.5) is 0 Å². The molecule has 0 saturated carbocycles. The molecule has 0 aliphatic carbocycles. The summed E-state index contributed by atoms with van der Waals surface area (Å²) in [5, 5.41) is 6.79. The summed E-state index contributed by atoms with van der Waals surface area (Å²) in [6.07, 6.45) is 3.14. The fourth-order valence-electron chi connectivity index (χ4n) is 2.37. The molecule has 17 heavy (non-hydrogen) atoms. The number of hydrogen-bond acceptors (Lipinski definition) is 4. The maximum absolute atomic E-state index is 11.8. The van der Waals surface area contributed by atoms with E-state index in [4.69, 9.17) is 4.74 Å². The van der Waals surface area contributed by atoms with Crippen molar-refractivity contribution in [2.45, 2.75) is 25.3 Å². The third-order valence-corrected chi connectivity index (χ3v) is 3.43. The molecule has 2 fully saturated rings. The highest BCUT2D eigenvalue weighted by molar-refractivity contribution is 5.76.